The first-order valence-corrected chi connectivity index (χ1v) is 9.31. The summed E-state index contributed by atoms with van der Waals surface area (Å²) in [5.41, 5.74) is -2.93. The Morgan fingerprint density at radius 3 is 2.03 bits per heavy atom. The molecule has 1 unspecified atom stereocenters. The summed E-state index contributed by atoms with van der Waals surface area (Å²) >= 11 is 0. The number of carbonyl (C=O) groups excluding carboxylic acids is 1. The molecule has 0 saturated heterocycles. The van der Waals surface area contributed by atoms with Crippen molar-refractivity contribution in [2.24, 2.45) is 5.73 Å². The van der Waals surface area contributed by atoms with E-state index in [2.05, 4.69) is 10.3 Å². The van der Waals surface area contributed by atoms with E-state index in [9.17, 15) is 44.3 Å². The highest BCUT2D eigenvalue weighted by Gasteiger charge is 2.81. The molecule has 2 aromatic rings. The summed E-state index contributed by atoms with van der Waals surface area (Å²) in [6.07, 6.45) is -12.4. The molecular weight excluding hydrogens is 469 g/mol. The first-order chi connectivity index (χ1) is 15.0. The maximum atomic E-state index is 14.8. The van der Waals surface area contributed by atoms with Gasteiger partial charge in [0.15, 0.2) is 0 Å². The molecule has 2 rings (SSSR count). The number of nitrogens with one attached hydrogen (secondary N) is 1. The topological polar surface area (TPSA) is 68.0 Å². The summed E-state index contributed by atoms with van der Waals surface area (Å²) in [5, 5.41) is 2.32. The zero-order valence-corrected chi connectivity index (χ0v) is 17.1. The number of aromatic nitrogens is 1. The Labute approximate surface area is 182 Å². The van der Waals surface area contributed by atoms with Crippen LogP contribution in [0.4, 0.5) is 45.2 Å². The Morgan fingerprint density at radius 1 is 1.00 bits per heavy atom. The van der Waals surface area contributed by atoms with Crippen LogP contribution < -0.4 is 11.1 Å². The van der Waals surface area contributed by atoms with Gasteiger partial charge >= 0.3 is 23.9 Å². The number of hydrogen-bond donors (Lipinski definition) is 2. The number of rotatable bonds is 6. The summed E-state index contributed by atoms with van der Waals surface area (Å²) in [6.45, 7) is 2.51. The van der Waals surface area contributed by atoms with Gasteiger partial charge < -0.3 is 11.1 Å². The number of aryl methyl sites for hydroxylation is 2. The van der Waals surface area contributed by atoms with Gasteiger partial charge in [-0.15, -0.1) is 0 Å². The van der Waals surface area contributed by atoms with Crippen LogP contribution in [-0.2, 0) is 18.6 Å². The average Bonchev–Trinajstić information content (AvgIpc) is 2.72. The van der Waals surface area contributed by atoms with Crippen molar-refractivity contribution in [1.82, 2.24) is 4.98 Å². The molecule has 1 amide bonds. The van der Waals surface area contributed by atoms with Crippen LogP contribution in [0.15, 0.2) is 30.5 Å². The van der Waals surface area contributed by atoms with E-state index in [1.165, 1.54) is 25.3 Å². The molecule has 33 heavy (non-hydrogen) atoms. The van der Waals surface area contributed by atoms with Crippen LogP contribution in [-0.4, -0.2) is 29.2 Å². The predicted molar refractivity (Wildman–Crippen MR) is 100 cm³/mol. The number of amides is 1. The fraction of sp³-hybridized carbons (Fsp3) is 0.400. The molecule has 1 heterocycles. The van der Waals surface area contributed by atoms with Crippen molar-refractivity contribution < 1.29 is 44.3 Å². The molecule has 0 saturated carbocycles. The molecule has 0 aliphatic carbocycles. The number of halogens is 9. The molecule has 1 aromatic heterocycles. The fourth-order valence-electron chi connectivity index (χ4n) is 3.09. The highest BCUT2D eigenvalue weighted by atomic mass is 19.4. The van der Waals surface area contributed by atoms with Crippen LogP contribution in [0.3, 0.4) is 0 Å². The number of hydrogen-bond acceptors (Lipinski definition) is 3. The quantitative estimate of drug-likeness (QED) is 0.523. The second kappa shape index (κ2) is 8.84. The van der Waals surface area contributed by atoms with Gasteiger partial charge in [-0.05, 0) is 42.2 Å². The zero-order valence-electron chi connectivity index (χ0n) is 17.1. The summed E-state index contributed by atoms with van der Waals surface area (Å²) < 4.78 is 121. The number of benzene rings is 1. The Bertz CT molecular complexity index is 1020. The third-order valence-corrected chi connectivity index (χ3v) is 4.91. The van der Waals surface area contributed by atoms with E-state index in [0.29, 0.717) is 5.56 Å². The minimum absolute atomic E-state index is 0.128. The lowest BCUT2D eigenvalue weighted by atomic mass is 9.85. The lowest BCUT2D eigenvalue weighted by Gasteiger charge is -2.36. The monoisotopic (exact) mass is 487 g/mol. The van der Waals surface area contributed by atoms with Gasteiger partial charge in [-0.25, -0.2) is 4.39 Å². The van der Waals surface area contributed by atoms with Gasteiger partial charge in [0.25, 0.3) is 5.91 Å². The molecule has 13 heteroatoms. The van der Waals surface area contributed by atoms with Crippen molar-refractivity contribution in [3.8, 4) is 0 Å². The van der Waals surface area contributed by atoms with Crippen LogP contribution in [0.2, 0.25) is 0 Å². The van der Waals surface area contributed by atoms with E-state index in [0.717, 1.165) is 6.92 Å². The molecule has 1 atom stereocenters. The first-order valence-electron chi connectivity index (χ1n) is 9.31. The molecule has 182 valence electrons. The first kappa shape index (κ1) is 26.4. The van der Waals surface area contributed by atoms with Crippen molar-refractivity contribution in [2.75, 3.05) is 5.32 Å². The summed E-state index contributed by atoms with van der Waals surface area (Å²) in [5.74, 6) is -7.62. The molecule has 0 bridgehead atoms. The minimum atomic E-state index is -6.83. The number of carbonyl (C=O) groups is 1. The summed E-state index contributed by atoms with van der Waals surface area (Å²) in [7, 11) is 0. The Balaban J connectivity index is 2.60. The lowest BCUT2D eigenvalue weighted by molar-refractivity contribution is -0.389. The highest BCUT2D eigenvalue weighted by Crippen LogP contribution is 2.58. The van der Waals surface area contributed by atoms with E-state index in [1.54, 1.807) is 0 Å². The molecule has 0 radical (unpaired) electrons. The summed E-state index contributed by atoms with van der Waals surface area (Å²) in [4.78, 5) is 16.3. The third-order valence-electron chi connectivity index (χ3n) is 4.91. The fourth-order valence-corrected chi connectivity index (χ4v) is 3.09. The van der Waals surface area contributed by atoms with Crippen LogP contribution in [0.25, 0.3) is 0 Å². The van der Waals surface area contributed by atoms with E-state index < -0.39 is 35.4 Å². The number of pyridine rings is 1. The van der Waals surface area contributed by atoms with E-state index in [4.69, 9.17) is 5.73 Å². The Morgan fingerprint density at radius 2 is 1.61 bits per heavy atom. The van der Waals surface area contributed by atoms with Crippen LogP contribution in [0.1, 0.15) is 39.7 Å². The van der Waals surface area contributed by atoms with Crippen LogP contribution in [0, 0.1) is 6.92 Å². The molecule has 1 aromatic carbocycles. The Hall–Kier alpha value is -2.83. The normalized spacial score (nSPS) is 14.7. The zero-order chi connectivity index (χ0) is 25.4. The van der Waals surface area contributed by atoms with Crippen molar-refractivity contribution in [3.05, 3.63) is 58.4 Å². The van der Waals surface area contributed by atoms with Crippen molar-refractivity contribution in [2.45, 2.75) is 50.8 Å². The van der Waals surface area contributed by atoms with Crippen molar-refractivity contribution in [3.63, 3.8) is 0 Å². The second-order valence-electron chi connectivity index (χ2n) is 7.12. The van der Waals surface area contributed by atoms with Gasteiger partial charge in [-0.1, -0.05) is 19.1 Å². The molecule has 0 fully saturated rings. The van der Waals surface area contributed by atoms with Crippen LogP contribution >= 0.6 is 0 Å². The number of alkyl halides is 9. The minimum Gasteiger partial charge on any atom is -0.326 e. The second-order valence-corrected chi connectivity index (χ2v) is 7.12. The van der Waals surface area contributed by atoms with Gasteiger partial charge in [-0.2, -0.15) is 35.1 Å². The lowest BCUT2D eigenvalue weighted by Crippen LogP contribution is -2.59. The predicted octanol–water partition coefficient (Wildman–Crippen LogP) is 5.59. The highest BCUT2D eigenvalue weighted by molar-refractivity contribution is 6.03. The molecular formula is C20H18F9N3O. The van der Waals surface area contributed by atoms with E-state index in [-0.39, 0.29) is 47.6 Å². The maximum absolute atomic E-state index is 14.8. The Kier molecular flexibility index (Phi) is 7.08. The average molecular weight is 487 g/mol. The molecule has 3 N–H and O–H groups in total. The van der Waals surface area contributed by atoms with Crippen molar-refractivity contribution >= 4 is 11.6 Å². The maximum Gasteiger partial charge on any atom is 0.457 e. The van der Waals surface area contributed by atoms with Gasteiger partial charge in [0.2, 0.25) is 0 Å². The summed E-state index contributed by atoms with van der Waals surface area (Å²) in [6, 6.07) is 3.22. The molecule has 0 aliphatic rings. The van der Waals surface area contributed by atoms with Gasteiger partial charge in [0.05, 0.1) is 0 Å². The third kappa shape index (κ3) is 4.63. The van der Waals surface area contributed by atoms with Gasteiger partial charge in [-0.3, -0.25) is 9.78 Å². The van der Waals surface area contributed by atoms with Gasteiger partial charge in [0.1, 0.15) is 5.69 Å². The standard InChI is InChI=1S/C20H18F9N3O/c1-3-12-7-13(17(21,19(24,25)26)18(22,23)20(27,28)29)6-10(2)15(12)32-16(33)14-5-4-11(8-30)9-31-14/h4-7,9H,3,8,30H2,1-2H3,(H,32,33). The molecule has 0 spiro atoms. The number of nitrogens with zero attached hydrogens (tertiary/aromatic N) is 1. The smallest absolute Gasteiger partial charge is 0.326 e. The largest absolute Gasteiger partial charge is 0.457 e. The number of anilines is 1. The van der Waals surface area contributed by atoms with Gasteiger partial charge in [0, 0.05) is 24.0 Å². The molecule has 0 aliphatic heterocycles. The van der Waals surface area contributed by atoms with Crippen molar-refractivity contribution in [1.29, 1.82) is 0 Å². The SMILES string of the molecule is CCc1cc(C(F)(C(F)(F)F)C(F)(F)C(F)(F)F)cc(C)c1NC(=O)c1ccc(CN)cn1. The van der Waals surface area contributed by atoms with E-state index in [1.807, 2.05) is 0 Å². The van der Waals surface area contributed by atoms with Crippen LogP contribution in [0.5, 0.6) is 0 Å². The number of nitrogens with two attached hydrogens (primary N) is 1. The van der Waals surface area contributed by atoms with E-state index >= 15 is 0 Å². The molecule has 4 nitrogen and oxygen atoms in total.